The topological polar surface area (TPSA) is 123 Å². The van der Waals surface area contributed by atoms with Crippen LogP contribution in [0.1, 0.15) is 56.1 Å². The Balaban J connectivity index is 1.48. The molecule has 0 atom stereocenters. The normalized spacial score (nSPS) is 11.1. The highest BCUT2D eigenvalue weighted by Gasteiger charge is 2.02. The standard InChI is InChI=1S/C23H28N4O4/c28-20-12-8-6-10-18(20)16-24-26-22(30)14-4-2-1-3-5-15-23(31)27-25-17-19-11-7-9-13-21(19)29/h6-13,16-17,28-29H,1-5,14-15H2,(H,26,30)(H,27,31)/b24-16+,25-17+. The first-order valence-corrected chi connectivity index (χ1v) is 10.3. The van der Waals surface area contributed by atoms with Crippen LogP contribution in [-0.2, 0) is 9.59 Å². The van der Waals surface area contributed by atoms with E-state index in [9.17, 15) is 19.8 Å². The molecule has 4 N–H and O–H groups in total. The number of rotatable bonds is 12. The summed E-state index contributed by atoms with van der Waals surface area (Å²) in [5.74, 6) is -0.130. The molecule has 0 fully saturated rings. The van der Waals surface area contributed by atoms with Gasteiger partial charge in [0.25, 0.3) is 0 Å². The molecule has 0 saturated carbocycles. The number of amides is 2. The fourth-order valence-electron chi connectivity index (χ4n) is 2.75. The summed E-state index contributed by atoms with van der Waals surface area (Å²) in [7, 11) is 0. The molecule has 0 aliphatic rings. The van der Waals surface area contributed by atoms with Gasteiger partial charge in [0, 0.05) is 24.0 Å². The van der Waals surface area contributed by atoms with Crippen molar-refractivity contribution in [1.82, 2.24) is 10.9 Å². The van der Waals surface area contributed by atoms with E-state index in [0.717, 1.165) is 32.1 Å². The Hall–Kier alpha value is -3.68. The summed E-state index contributed by atoms with van der Waals surface area (Å²) in [6, 6.07) is 13.5. The maximum Gasteiger partial charge on any atom is 0.240 e. The number of nitrogens with zero attached hydrogens (tertiary/aromatic N) is 2. The van der Waals surface area contributed by atoms with E-state index in [-0.39, 0.29) is 23.3 Å². The zero-order chi connectivity index (χ0) is 22.3. The number of hydrazone groups is 2. The maximum absolute atomic E-state index is 11.8. The number of phenols is 2. The number of aromatic hydroxyl groups is 2. The first kappa shape index (κ1) is 23.6. The van der Waals surface area contributed by atoms with Crippen molar-refractivity contribution in [3.05, 3.63) is 59.7 Å². The van der Waals surface area contributed by atoms with Crippen molar-refractivity contribution < 1.29 is 19.8 Å². The number of carbonyl (C=O) groups excluding carboxylic acids is 2. The third kappa shape index (κ3) is 9.58. The summed E-state index contributed by atoms with van der Waals surface area (Å²) >= 11 is 0. The first-order chi connectivity index (χ1) is 15.1. The van der Waals surface area contributed by atoms with Gasteiger partial charge in [-0.25, -0.2) is 10.9 Å². The fourth-order valence-corrected chi connectivity index (χ4v) is 2.75. The summed E-state index contributed by atoms with van der Waals surface area (Å²) in [6.07, 6.45) is 7.77. The average Bonchev–Trinajstić information content (AvgIpc) is 2.76. The number of hydrogen-bond acceptors (Lipinski definition) is 6. The van der Waals surface area contributed by atoms with Crippen LogP contribution in [0.2, 0.25) is 0 Å². The molecule has 2 amide bonds. The molecule has 2 rings (SSSR count). The molecular formula is C23H28N4O4. The van der Waals surface area contributed by atoms with Crippen molar-refractivity contribution in [2.24, 2.45) is 10.2 Å². The molecule has 0 unspecified atom stereocenters. The Labute approximate surface area is 181 Å². The first-order valence-electron chi connectivity index (χ1n) is 10.3. The lowest BCUT2D eigenvalue weighted by molar-refractivity contribution is -0.121. The molecule has 8 nitrogen and oxygen atoms in total. The number of carbonyl (C=O) groups is 2. The molecule has 0 spiro atoms. The van der Waals surface area contributed by atoms with Gasteiger partial charge in [0.05, 0.1) is 12.4 Å². The molecule has 2 aromatic carbocycles. The molecule has 0 saturated heterocycles. The van der Waals surface area contributed by atoms with Crippen LogP contribution in [0.15, 0.2) is 58.7 Å². The molecule has 0 radical (unpaired) electrons. The van der Waals surface area contributed by atoms with E-state index < -0.39 is 0 Å². The number of unbranched alkanes of at least 4 members (excludes halogenated alkanes) is 4. The smallest absolute Gasteiger partial charge is 0.240 e. The van der Waals surface area contributed by atoms with E-state index in [4.69, 9.17) is 0 Å². The molecule has 0 heterocycles. The predicted octanol–water partition coefficient (Wildman–Crippen LogP) is 3.43. The molecule has 0 aromatic heterocycles. The van der Waals surface area contributed by atoms with E-state index in [1.165, 1.54) is 12.4 Å². The van der Waals surface area contributed by atoms with Crippen LogP contribution >= 0.6 is 0 Å². The molecule has 0 aliphatic carbocycles. The molecule has 0 aliphatic heterocycles. The summed E-state index contributed by atoms with van der Waals surface area (Å²) in [4.78, 5) is 23.5. The van der Waals surface area contributed by atoms with E-state index >= 15 is 0 Å². The Morgan fingerprint density at radius 2 is 1.06 bits per heavy atom. The Morgan fingerprint density at radius 1 is 0.677 bits per heavy atom. The number of phenolic OH excluding ortho intramolecular Hbond substituents is 2. The van der Waals surface area contributed by atoms with Crippen LogP contribution in [0.25, 0.3) is 0 Å². The monoisotopic (exact) mass is 424 g/mol. The van der Waals surface area contributed by atoms with Crippen LogP contribution in [0.5, 0.6) is 11.5 Å². The minimum atomic E-state index is -0.173. The number of benzene rings is 2. The van der Waals surface area contributed by atoms with Crippen LogP contribution in [-0.4, -0.2) is 34.5 Å². The van der Waals surface area contributed by atoms with Gasteiger partial charge in [-0.15, -0.1) is 0 Å². The zero-order valence-electron chi connectivity index (χ0n) is 17.3. The predicted molar refractivity (Wildman–Crippen MR) is 120 cm³/mol. The van der Waals surface area contributed by atoms with E-state index in [2.05, 4.69) is 21.1 Å². The van der Waals surface area contributed by atoms with Crippen LogP contribution in [0, 0.1) is 0 Å². The van der Waals surface area contributed by atoms with Crippen molar-refractivity contribution >= 4 is 24.2 Å². The second-order valence-corrected chi connectivity index (χ2v) is 6.97. The number of nitrogens with one attached hydrogen (secondary N) is 2. The van der Waals surface area contributed by atoms with Gasteiger partial charge in [-0.2, -0.15) is 10.2 Å². The number of hydrogen-bond donors (Lipinski definition) is 4. The second-order valence-electron chi connectivity index (χ2n) is 6.97. The minimum Gasteiger partial charge on any atom is -0.507 e. The lowest BCUT2D eigenvalue weighted by Crippen LogP contribution is -2.17. The van der Waals surface area contributed by atoms with Crippen LogP contribution < -0.4 is 10.9 Å². The summed E-state index contributed by atoms with van der Waals surface area (Å²) in [5.41, 5.74) is 5.97. The quantitative estimate of drug-likeness (QED) is 0.237. The Morgan fingerprint density at radius 3 is 1.48 bits per heavy atom. The third-order valence-corrected chi connectivity index (χ3v) is 4.47. The maximum atomic E-state index is 11.8. The molecule has 2 aromatic rings. The highest BCUT2D eigenvalue weighted by atomic mass is 16.3. The summed E-state index contributed by atoms with van der Waals surface area (Å²) in [6.45, 7) is 0. The summed E-state index contributed by atoms with van der Waals surface area (Å²) < 4.78 is 0. The van der Waals surface area contributed by atoms with Gasteiger partial charge in [-0.1, -0.05) is 43.5 Å². The van der Waals surface area contributed by atoms with Crippen LogP contribution in [0.3, 0.4) is 0 Å². The van der Waals surface area contributed by atoms with E-state index in [1.807, 2.05) is 0 Å². The minimum absolute atomic E-state index is 0.108. The van der Waals surface area contributed by atoms with Crippen molar-refractivity contribution in [3.63, 3.8) is 0 Å². The molecule has 8 heteroatoms. The van der Waals surface area contributed by atoms with Gasteiger partial charge in [0.15, 0.2) is 0 Å². The van der Waals surface area contributed by atoms with Crippen molar-refractivity contribution in [3.8, 4) is 11.5 Å². The van der Waals surface area contributed by atoms with Gasteiger partial charge in [0.1, 0.15) is 11.5 Å². The molecule has 164 valence electrons. The molecule has 31 heavy (non-hydrogen) atoms. The van der Waals surface area contributed by atoms with Crippen molar-refractivity contribution in [1.29, 1.82) is 0 Å². The van der Waals surface area contributed by atoms with Gasteiger partial charge in [0.2, 0.25) is 11.8 Å². The Kier molecular flexibility index (Phi) is 10.3. The van der Waals surface area contributed by atoms with E-state index in [0.29, 0.717) is 24.0 Å². The van der Waals surface area contributed by atoms with Gasteiger partial charge < -0.3 is 10.2 Å². The zero-order valence-corrected chi connectivity index (χ0v) is 17.3. The van der Waals surface area contributed by atoms with Gasteiger partial charge in [-0.3, -0.25) is 9.59 Å². The molecular weight excluding hydrogens is 396 g/mol. The number of para-hydroxylation sites is 2. The highest BCUT2D eigenvalue weighted by molar-refractivity contribution is 5.85. The largest absolute Gasteiger partial charge is 0.507 e. The van der Waals surface area contributed by atoms with Gasteiger partial charge in [-0.05, 0) is 37.1 Å². The Bertz CT molecular complexity index is 838. The van der Waals surface area contributed by atoms with Crippen molar-refractivity contribution in [2.45, 2.75) is 44.9 Å². The van der Waals surface area contributed by atoms with Crippen LogP contribution in [0.4, 0.5) is 0 Å². The SMILES string of the molecule is O=C(CCCCCCCC(=O)N/N=C/c1ccccc1O)N/N=C/c1ccccc1O. The van der Waals surface area contributed by atoms with Crippen molar-refractivity contribution in [2.75, 3.05) is 0 Å². The lowest BCUT2D eigenvalue weighted by Gasteiger charge is -2.02. The second kappa shape index (κ2) is 13.5. The molecule has 0 bridgehead atoms. The average molecular weight is 425 g/mol. The van der Waals surface area contributed by atoms with Gasteiger partial charge >= 0.3 is 0 Å². The fraction of sp³-hybridized carbons (Fsp3) is 0.304. The lowest BCUT2D eigenvalue weighted by atomic mass is 10.1. The summed E-state index contributed by atoms with van der Waals surface area (Å²) in [5, 5.41) is 26.9. The third-order valence-electron chi connectivity index (χ3n) is 4.47. The van der Waals surface area contributed by atoms with E-state index in [1.54, 1.807) is 48.5 Å². The highest BCUT2D eigenvalue weighted by Crippen LogP contribution is 2.13.